The van der Waals surface area contributed by atoms with E-state index in [4.69, 9.17) is 4.74 Å². The highest BCUT2D eigenvalue weighted by Gasteiger charge is 2.27. The Morgan fingerprint density at radius 3 is 2.59 bits per heavy atom. The molecule has 2 aromatic carbocycles. The summed E-state index contributed by atoms with van der Waals surface area (Å²) < 4.78 is 18.9. The molecule has 2 aromatic rings. The number of rotatable bonds is 6. The summed E-state index contributed by atoms with van der Waals surface area (Å²) in [7, 11) is 0. The van der Waals surface area contributed by atoms with Gasteiger partial charge < -0.3 is 15.0 Å². The Morgan fingerprint density at radius 2 is 1.90 bits per heavy atom. The van der Waals surface area contributed by atoms with Gasteiger partial charge in [-0.15, -0.1) is 0 Å². The number of hydrogen-bond acceptors (Lipinski definition) is 3. The van der Waals surface area contributed by atoms with E-state index in [0.29, 0.717) is 38.3 Å². The van der Waals surface area contributed by atoms with Crippen molar-refractivity contribution in [1.29, 1.82) is 0 Å². The maximum Gasteiger partial charge on any atom is 0.251 e. The van der Waals surface area contributed by atoms with Crippen molar-refractivity contribution in [3.63, 3.8) is 0 Å². The summed E-state index contributed by atoms with van der Waals surface area (Å²) in [4.78, 5) is 27.5. The SMILES string of the molecule is Cc1ccc(C(=O)NCC(Cc2cccc(F)c2)C(=O)N2CCOCC2)c(C)c1. The van der Waals surface area contributed by atoms with Gasteiger partial charge in [-0.1, -0.05) is 29.8 Å². The number of nitrogens with zero attached hydrogens (tertiary/aromatic N) is 1. The quantitative estimate of drug-likeness (QED) is 0.814. The largest absolute Gasteiger partial charge is 0.378 e. The lowest BCUT2D eigenvalue weighted by Gasteiger charge is -2.30. The lowest BCUT2D eigenvalue weighted by molar-refractivity contribution is -0.139. The van der Waals surface area contributed by atoms with Crippen molar-refractivity contribution in [2.24, 2.45) is 5.92 Å². The second-order valence-corrected chi connectivity index (χ2v) is 7.50. The van der Waals surface area contributed by atoms with E-state index in [1.807, 2.05) is 26.0 Å². The summed E-state index contributed by atoms with van der Waals surface area (Å²) in [5.74, 6) is -1.05. The van der Waals surface area contributed by atoms with Crippen molar-refractivity contribution in [3.8, 4) is 0 Å². The normalized spacial score (nSPS) is 15.1. The summed E-state index contributed by atoms with van der Waals surface area (Å²) in [6.07, 6.45) is 0.362. The molecule has 3 rings (SSSR count). The van der Waals surface area contributed by atoms with E-state index in [2.05, 4.69) is 5.32 Å². The molecule has 1 saturated heterocycles. The zero-order valence-corrected chi connectivity index (χ0v) is 16.9. The molecule has 0 radical (unpaired) electrons. The molecule has 6 heteroatoms. The van der Waals surface area contributed by atoms with E-state index < -0.39 is 5.92 Å². The molecular formula is C23H27FN2O3. The molecular weight excluding hydrogens is 371 g/mol. The minimum Gasteiger partial charge on any atom is -0.378 e. The first-order valence-corrected chi connectivity index (χ1v) is 9.90. The van der Waals surface area contributed by atoms with Crippen molar-refractivity contribution in [2.75, 3.05) is 32.8 Å². The molecule has 2 amide bonds. The van der Waals surface area contributed by atoms with E-state index in [-0.39, 0.29) is 24.2 Å². The molecule has 0 saturated carbocycles. The number of hydrogen-bond donors (Lipinski definition) is 1. The van der Waals surface area contributed by atoms with Crippen molar-refractivity contribution in [1.82, 2.24) is 10.2 Å². The Bertz CT molecular complexity index is 878. The minimum absolute atomic E-state index is 0.0431. The number of ether oxygens (including phenoxy) is 1. The lowest BCUT2D eigenvalue weighted by atomic mass is 9.97. The monoisotopic (exact) mass is 398 g/mol. The van der Waals surface area contributed by atoms with Gasteiger partial charge in [0.05, 0.1) is 19.1 Å². The van der Waals surface area contributed by atoms with Crippen molar-refractivity contribution >= 4 is 11.8 Å². The number of aryl methyl sites for hydroxylation is 2. The average molecular weight is 398 g/mol. The fourth-order valence-electron chi connectivity index (χ4n) is 3.62. The van der Waals surface area contributed by atoms with Crippen molar-refractivity contribution in [3.05, 3.63) is 70.5 Å². The van der Waals surface area contributed by atoms with Crippen molar-refractivity contribution < 1.29 is 18.7 Å². The Labute approximate surface area is 170 Å². The summed E-state index contributed by atoms with van der Waals surface area (Å²) >= 11 is 0. The van der Waals surface area contributed by atoms with Gasteiger partial charge in [0.15, 0.2) is 0 Å². The van der Waals surface area contributed by atoms with E-state index in [9.17, 15) is 14.0 Å². The van der Waals surface area contributed by atoms with E-state index in [1.165, 1.54) is 12.1 Å². The zero-order valence-electron chi connectivity index (χ0n) is 16.9. The number of benzene rings is 2. The molecule has 1 aliphatic heterocycles. The van der Waals surface area contributed by atoms with Crippen LogP contribution in [0.1, 0.15) is 27.0 Å². The highest BCUT2D eigenvalue weighted by Crippen LogP contribution is 2.15. The first-order chi connectivity index (χ1) is 13.9. The van der Waals surface area contributed by atoms with Crippen LogP contribution in [0, 0.1) is 25.6 Å². The molecule has 154 valence electrons. The highest BCUT2D eigenvalue weighted by molar-refractivity contribution is 5.96. The van der Waals surface area contributed by atoms with Crippen LogP contribution in [0.25, 0.3) is 0 Å². The zero-order chi connectivity index (χ0) is 20.8. The topological polar surface area (TPSA) is 58.6 Å². The number of morpholine rings is 1. The van der Waals surface area contributed by atoms with Gasteiger partial charge in [-0.2, -0.15) is 0 Å². The van der Waals surface area contributed by atoms with Gasteiger partial charge in [0.1, 0.15) is 5.82 Å². The Kier molecular flexibility index (Phi) is 6.99. The molecule has 1 N–H and O–H groups in total. The summed E-state index contributed by atoms with van der Waals surface area (Å²) in [6, 6.07) is 11.9. The number of carbonyl (C=O) groups excluding carboxylic acids is 2. The third-order valence-electron chi connectivity index (χ3n) is 5.18. The molecule has 1 heterocycles. The molecule has 1 atom stereocenters. The number of halogens is 1. The third-order valence-corrected chi connectivity index (χ3v) is 5.18. The predicted molar refractivity (Wildman–Crippen MR) is 109 cm³/mol. The third kappa shape index (κ3) is 5.64. The molecule has 1 aliphatic rings. The van der Waals surface area contributed by atoms with Gasteiger partial charge in [0, 0.05) is 25.2 Å². The maximum absolute atomic E-state index is 13.6. The van der Waals surface area contributed by atoms with Gasteiger partial charge in [-0.25, -0.2) is 4.39 Å². The van der Waals surface area contributed by atoms with Gasteiger partial charge >= 0.3 is 0 Å². The molecule has 0 aliphatic carbocycles. The Hall–Kier alpha value is -2.73. The van der Waals surface area contributed by atoms with Gasteiger partial charge in [0.25, 0.3) is 5.91 Å². The van der Waals surface area contributed by atoms with Crippen LogP contribution in [0.2, 0.25) is 0 Å². The minimum atomic E-state index is -0.468. The van der Waals surface area contributed by atoms with Crippen LogP contribution in [0.15, 0.2) is 42.5 Å². The molecule has 1 fully saturated rings. The fraction of sp³-hybridized carbons (Fsp3) is 0.391. The second-order valence-electron chi connectivity index (χ2n) is 7.50. The molecule has 0 spiro atoms. The second kappa shape index (κ2) is 9.65. The van der Waals surface area contributed by atoms with Crippen LogP contribution in [0.4, 0.5) is 4.39 Å². The van der Waals surface area contributed by atoms with Crippen LogP contribution in [-0.4, -0.2) is 49.6 Å². The van der Waals surface area contributed by atoms with Gasteiger partial charge in [0.2, 0.25) is 5.91 Å². The Morgan fingerprint density at radius 1 is 1.14 bits per heavy atom. The molecule has 0 bridgehead atoms. The number of nitrogens with one attached hydrogen (secondary N) is 1. The van der Waals surface area contributed by atoms with Crippen LogP contribution < -0.4 is 5.32 Å². The predicted octanol–water partition coefficient (Wildman–Crippen LogP) is 2.89. The standard InChI is InChI=1S/C23H27FN2O3/c1-16-6-7-21(17(2)12-16)22(27)25-15-19(13-18-4-3-5-20(24)14-18)23(28)26-8-10-29-11-9-26/h3-7,12,14,19H,8-11,13,15H2,1-2H3,(H,25,27). The van der Waals surface area contributed by atoms with Crippen LogP contribution in [-0.2, 0) is 16.0 Å². The van der Waals surface area contributed by atoms with E-state index in [0.717, 1.165) is 16.7 Å². The molecule has 5 nitrogen and oxygen atoms in total. The lowest BCUT2D eigenvalue weighted by Crippen LogP contribution is -2.47. The molecule has 0 aromatic heterocycles. The van der Waals surface area contributed by atoms with Crippen molar-refractivity contribution in [2.45, 2.75) is 20.3 Å². The van der Waals surface area contributed by atoms with Crippen LogP contribution in [0.5, 0.6) is 0 Å². The first-order valence-electron chi connectivity index (χ1n) is 9.90. The highest BCUT2D eigenvalue weighted by atomic mass is 19.1. The number of amides is 2. The van der Waals surface area contributed by atoms with Crippen LogP contribution >= 0.6 is 0 Å². The summed E-state index contributed by atoms with van der Waals surface area (Å²) in [5.41, 5.74) is 3.31. The number of carbonyl (C=O) groups is 2. The first kappa shape index (κ1) is 21.0. The van der Waals surface area contributed by atoms with E-state index in [1.54, 1.807) is 23.1 Å². The molecule has 29 heavy (non-hydrogen) atoms. The summed E-state index contributed by atoms with van der Waals surface area (Å²) in [6.45, 7) is 6.14. The van der Waals surface area contributed by atoms with Gasteiger partial charge in [-0.3, -0.25) is 9.59 Å². The van der Waals surface area contributed by atoms with Crippen LogP contribution in [0.3, 0.4) is 0 Å². The smallest absolute Gasteiger partial charge is 0.251 e. The van der Waals surface area contributed by atoms with E-state index >= 15 is 0 Å². The Balaban J connectivity index is 1.73. The fourth-order valence-corrected chi connectivity index (χ4v) is 3.62. The molecule has 1 unspecified atom stereocenters. The maximum atomic E-state index is 13.6. The summed E-state index contributed by atoms with van der Waals surface area (Å²) in [5, 5.41) is 2.90. The van der Waals surface area contributed by atoms with Gasteiger partial charge in [-0.05, 0) is 49.6 Å². The average Bonchev–Trinajstić information content (AvgIpc) is 2.71.